The zero-order chi connectivity index (χ0) is 21.5. The van der Waals surface area contributed by atoms with Crippen LogP contribution in [0.15, 0.2) is 42.5 Å². The largest absolute Gasteiger partial charge is 0.495 e. The minimum Gasteiger partial charge on any atom is -0.495 e. The number of hydrogen-bond acceptors (Lipinski definition) is 6. The molecule has 0 atom stereocenters. The van der Waals surface area contributed by atoms with Crippen LogP contribution < -0.4 is 15.0 Å². The van der Waals surface area contributed by atoms with Gasteiger partial charge in [0.1, 0.15) is 5.75 Å². The molecule has 0 bridgehead atoms. The first-order chi connectivity index (χ1) is 14.5. The number of nitro benzene ring substituents is 1. The third-order valence-electron chi connectivity index (χ3n) is 5.14. The molecule has 0 unspecified atom stereocenters. The van der Waals surface area contributed by atoms with E-state index in [1.54, 1.807) is 7.11 Å². The van der Waals surface area contributed by atoms with E-state index in [1.165, 1.54) is 18.2 Å². The lowest BCUT2D eigenvalue weighted by molar-refractivity contribution is -0.384. The molecule has 1 N–H and O–H groups in total. The van der Waals surface area contributed by atoms with Crippen molar-refractivity contribution in [2.45, 2.75) is 6.42 Å². The van der Waals surface area contributed by atoms with Crippen LogP contribution in [-0.4, -0.2) is 62.1 Å². The van der Waals surface area contributed by atoms with Crippen LogP contribution in [-0.2, 0) is 0 Å². The number of nitrogens with zero attached hydrogens (tertiary/aromatic N) is 3. The van der Waals surface area contributed by atoms with Gasteiger partial charge in [0.25, 0.3) is 11.6 Å². The first-order valence-electron chi connectivity index (χ1n) is 9.82. The van der Waals surface area contributed by atoms with Gasteiger partial charge in [-0.05, 0) is 31.2 Å². The Balaban J connectivity index is 1.42. The van der Waals surface area contributed by atoms with E-state index >= 15 is 0 Å². The van der Waals surface area contributed by atoms with Gasteiger partial charge in [0, 0.05) is 44.9 Å². The molecule has 1 aliphatic rings. The normalized spacial score (nSPS) is 14.4. The number of halogens is 1. The second kappa shape index (κ2) is 10.3. The SMILES string of the molecule is COc1ccccc1N1CCN(CCCNC(=O)c2cc([N+](=O)[O-])ccc2Cl)CC1. The Morgan fingerprint density at radius 3 is 2.63 bits per heavy atom. The lowest BCUT2D eigenvalue weighted by Crippen LogP contribution is -2.47. The van der Waals surface area contributed by atoms with Gasteiger partial charge in [-0.25, -0.2) is 0 Å². The maximum absolute atomic E-state index is 12.3. The fourth-order valence-electron chi connectivity index (χ4n) is 3.50. The Morgan fingerprint density at radius 1 is 1.20 bits per heavy atom. The third-order valence-corrected chi connectivity index (χ3v) is 5.47. The van der Waals surface area contributed by atoms with Gasteiger partial charge in [-0.15, -0.1) is 0 Å². The Kier molecular flexibility index (Phi) is 7.48. The van der Waals surface area contributed by atoms with Crippen molar-refractivity contribution in [3.8, 4) is 5.75 Å². The van der Waals surface area contributed by atoms with Gasteiger partial charge in [0.15, 0.2) is 0 Å². The number of para-hydroxylation sites is 2. The van der Waals surface area contributed by atoms with Crippen molar-refractivity contribution in [3.63, 3.8) is 0 Å². The molecule has 1 saturated heterocycles. The standard InChI is InChI=1S/C21H25ClN4O4/c1-30-20-6-3-2-5-19(20)25-13-11-24(12-14-25)10-4-9-23-21(27)17-15-16(26(28)29)7-8-18(17)22/h2-3,5-8,15H,4,9-14H2,1H3,(H,23,27). The summed E-state index contributed by atoms with van der Waals surface area (Å²) in [6, 6.07) is 11.9. The fourth-order valence-corrected chi connectivity index (χ4v) is 3.71. The minimum absolute atomic E-state index is 0.122. The van der Waals surface area contributed by atoms with Gasteiger partial charge < -0.3 is 15.0 Å². The molecule has 1 fully saturated rings. The quantitative estimate of drug-likeness (QED) is 0.391. The molecule has 160 valence electrons. The summed E-state index contributed by atoms with van der Waals surface area (Å²) in [5, 5.41) is 13.9. The smallest absolute Gasteiger partial charge is 0.270 e. The molecule has 1 aliphatic heterocycles. The summed E-state index contributed by atoms with van der Waals surface area (Å²) >= 11 is 6.01. The van der Waals surface area contributed by atoms with E-state index in [-0.39, 0.29) is 16.3 Å². The monoisotopic (exact) mass is 432 g/mol. The summed E-state index contributed by atoms with van der Waals surface area (Å²) < 4.78 is 5.45. The van der Waals surface area contributed by atoms with Crippen LogP contribution >= 0.6 is 11.6 Å². The number of nitrogens with one attached hydrogen (secondary N) is 1. The third kappa shape index (κ3) is 5.40. The van der Waals surface area contributed by atoms with Gasteiger partial charge in [0.2, 0.25) is 0 Å². The van der Waals surface area contributed by atoms with Crippen molar-refractivity contribution in [3.05, 3.63) is 63.2 Å². The number of carbonyl (C=O) groups is 1. The topological polar surface area (TPSA) is 88.0 Å². The highest BCUT2D eigenvalue weighted by atomic mass is 35.5. The van der Waals surface area contributed by atoms with Crippen molar-refractivity contribution < 1.29 is 14.5 Å². The summed E-state index contributed by atoms with van der Waals surface area (Å²) in [7, 11) is 1.68. The molecule has 0 aliphatic carbocycles. The van der Waals surface area contributed by atoms with E-state index in [2.05, 4.69) is 21.2 Å². The van der Waals surface area contributed by atoms with Crippen molar-refractivity contribution in [1.82, 2.24) is 10.2 Å². The Bertz CT molecular complexity index is 900. The van der Waals surface area contributed by atoms with E-state index in [0.717, 1.165) is 50.6 Å². The lowest BCUT2D eigenvalue weighted by atomic mass is 10.2. The molecular weight excluding hydrogens is 408 g/mol. The second-order valence-corrected chi connectivity index (χ2v) is 7.44. The van der Waals surface area contributed by atoms with Crippen LogP contribution in [0.4, 0.5) is 11.4 Å². The predicted octanol–water partition coefficient (Wildman–Crippen LogP) is 3.20. The van der Waals surface area contributed by atoms with Crippen LogP contribution in [0, 0.1) is 10.1 Å². The Morgan fingerprint density at radius 2 is 1.93 bits per heavy atom. The second-order valence-electron chi connectivity index (χ2n) is 7.03. The van der Waals surface area contributed by atoms with Crippen LogP contribution in [0.5, 0.6) is 5.75 Å². The van der Waals surface area contributed by atoms with E-state index in [1.807, 2.05) is 18.2 Å². The molecule has 0 aromatic heterocycles. The van der Waals surface area contributed by atoms with E-state index in [9.17, 15) is 14.9 Å². The van der Waals surface area contributed by atoms with Crippen LogP contribution in [0.1, 0.15) is 16.8 Å². The predicted molar refractivity (Wildman–Crippen MR) is 117 cm³/mol. The van der Waals surface area contributed by atoms with Crippen molar-refractivity contribution in [1.29, 1.82) is 0 Å². The molecule has 0 radical (unpaired) electrons. The number of nitro groups is 1. The molecule has 0 saturated carbocycles. The molecule has 30 heavy (non-hydrogen) atoms. The average Bonchev–Trinajstić information content (AvgIpc) is 2.77. The average molecular weight is 433 g/mol. The fraction of sp³-hybridized carbons (Fsp3) is 0.381. The number of rotatable bonds is 8. The summed E-state index contributed by atoms with van der Waals surface area (Å²) in [4.78, 5) is 27.3. The molecule has 9 heteroatoms. The number of ether oxygens (including phenoxy) is 1. The Hall–Kier alpha value is -2.84. The van der Waals surface area contributed by atoms with E-state index < -0.39 is 10.8 Å². The van der Waals surface area contributed by atoms with Crippen LogP contribution in [0.2, 0.25) is 5.02 Å². The zero-order valence-electron chi connectivity index (χ0n) is 16.8. The molecule has 1 amide bonds. The molecule has 2 aromatic carbocycles. The summed E-state index contributed by atoms with van der Waals surface area (Å²) in [6.07, 6.45) is 0.785. The lowest BCUT2D eigenvalue weighted by Gasteiger charge is -2.36. The number of carbonyl (C=O) groups excluding carboxylic acids is 1. The maximum Gasteiger partial charge on any atom is 0.270 e. The van der Waals surface area contributed by atoms with Gasteiger partial charge >= 0.3 is 0 Å². The molecule has 2 aromatic rings. The van der Waals surface area contributed by atoms with Crippen molar-refractivity contribution in [2.75, 3.05) is 51.3 Å². The molecule has 8 nitrogen and oxygen atoms in total. The number of non-ortho nitro benzene ring substituents is 1. The summed E-state index contributed by atoms with van der Waals surface area (Å²) in [5.74, 6) is 0.484. The minimum atomic E-state index is -0.544. The first kappa shape index (κ1) is 21.9. The van der Waals surface area contributed by atoms with E-state index in [0.29, 0.717) is 6.54 Å². The van der Waals surface area contributed by atoms with Crippen molar-refractivity contribution >= 4 is 28.9 Å². The van der Waals surface area contributed by atoms with Gasteiger partial charge in [-0.3, -0.25) is 19.8 Å². The number of methoxy groups -OCH3 is 1. The highest BCUT2D eigenvalue weighted by Crippen LogP contribution is 2.28. The highest BCUT2D eigenvalue weighted by Gasteiger charge is 2.19. The van der Waals surface area contributed by atoms with Gasteiger partial charge in [0.05, 0.1) is 28.3 Å². The number of hydrogen-bond donors (Lipinski definition) is 1. The van der Waals surface area contributed by atoms with E-state index in [4.69, 9.17) is 16.3 Å². The van der Waals surface area contributed by atoms with Gasteiger partial charge in [-0.1, -0.05) is 23.7 Å². The summed E-state index contributed by atoms with van der Waals surface area (Å²) in [6.45, 7) is 5.03. The number of anilines is 1. The van der Waals surface area contributed by atoms with Crippen molar-refractivity contribution in [2.24, 2.45) is 0 Å². The highest BCUT2D eigenvalue weighted by molar-refractivity contribution is 6.33. The van der Waals surface area contributed by atoms with Gasteiger partial charge in [-0.2, -0.15) is 0 Å². The maximum atomic E-state index is 12.3. The molecule has 1 heterocycles. The molecule has 0 spiro atoms. The summed E-state index contributed by atoms with van der Waals surface area (Å²) in [5.41, 5.74) is 1.08. The molecular formula is C21H25ClN4O4. The number of benzene rings is 2. The first-order valence-corrected chi connectivity index (χ1v) is 10.2. The number of amides is 1. The number of piperazine rings is 1. The zero-order valence-corrected chi connectivity index (χ0v) is 17.6. The molecule has 3 rings (SSSR count). The van der Waals surface area contributed by atoms with Crippen LogP contribution in [0.3, 0.4) is 0 Å². The Labute approximate surface area is 180 Å². The van der Waals surface area contributed by atoms with Crippen LogP contribution in [0.25, 0.3) is 0 Å².